The molecule has 0 amide bonds. The maximum atomic E-state index is 4.77. The monoisotopic (exact) mass is 442 g/mol. The Hall–Kier alpha value is -0.820. The molecule has 1 aromatic carbocycles. The summed E-state index contributed by atoms with van der Waals surface area (Å²) in [6, 6.07) is 11.3. The average molecular weight is 442 g/mol. The van der Waals surface area contributed by atoms with Crippen molar-refractivity contribution in [1.29, 1.82) is 0 Å². The Morgan fingerprint density at radius 1 is 1.17 bits per heavy atom. The fourth-order valence-electron chi connectivity index (χ4n) is 3.41. The van der Waals surface area contributed by atoms with Crippen molar-refractivity contribution in [3.63, 3.8) is 0 Å². The average Bonchev–Trinajstić information content (AvgIpc) is 3.36. The molecule has 1 aliphatic carbocycles. The largest absolute Gasteiger partial charge is 0.357 e. The fraction of sp³-hybridized carbons (Fsp3) is 0.632. The minimum absolute atomic E-state index is 0. The van der Waals surface area contributed by atoms with Crippen LogP contribution in [0.1, 0.15) is 44.1 Å². The second-order valence-corrected chi connectivity index (χ2v) is 6.67. The third-order valence-corrected chi connectivity index (χ3v) is 4.82. The third-order valence-electron chi connectivity index (χ3n) is 4.82. The Morgan fingerprint density at radius 3 is 2.62 bits per heavy atom. The van der Waals surface area contributed by atoms with Crippen LogP contribution in [0.2, 0.25) is 0 Å². The fourth-order valence-corrected chi connectivity index (χ4v) is 3.41. The van der Waals surface area contributed by atoms with Crippen LogP contribution in [0, 0.1) is 0 Å². The van der Waals surface area contributed by atoms with Crippen LogP contribution in [0.25, 0.3) is 0 Å². The van der Waals surface area contributed by atoms with Gasteiger partial charge in [0.1, 0.15) is 0 Å². The molecule has 0 bridgehead atoms. The van der Waals surface area contributed by atoms with Crippen molar-refractivity contribution < 1.29 is 0 Å². The summed E-state index contributed by atoms with van der Waals surface area (Å²) < 4.78 is 0. The summed E-state index contributed by atoms with van der Waals surface area (Å²) in [4.78, 5) is 7.31. The van der Waals surface area contributed by atoms with Gasteiger partial charge in [0.05, 0.1) is 6.54 Å². The second-order valence-electron chi connectivity index (χ2n) is 6.67. The van der Waals surface area contributed by atoms with Gasteiger partial charge in [-0.1, -0.05) is 36.8 Å². The standard InChI is InChI=1S/C19H30N4.HI/c1-2-20-19(21-11-14-23-12-7-4-8-13-23)22-18-15-17(18)16-9-5-3-6-10-16;/h3,5-6,9-10,17-18H,2,4,7-8,11-15H2,1H3,(H2,20,21,22);1H. The number of rotatable bonds is 6. The van der Waals surface area contributed by atoms with Crippen molar-refractivity contribution >= 4 is 29.9 Å². The normalized spacial score (nSPS) is 24.1. The predicted octanol–water partition coefficient (Wildman–Crippen LogP) is 3.20. The quantitative estimate of drug-likeness (QED) is 0.404. The van der Waals surface area contributed by atoms with Gasteiger partial charge in [-0.3, -0.25) is 4.99 Å². The Bertz CT molecular complexity index is 499. The summed E-state index contributed by atoms with van der Waals surface area (Å²) in [5.41, 5.74) is 1.44. The Morgan fingerprint density at radius 2 is 1.92 bits per heavy atom. The van der Waals surface area contributed by atoms with E-state index in [0.717, 1.165) is 25.6 Å². The molecule has 2 atom stereocenters. The molecule has 2 aliphatic rings. The molecule has 3 rings (SSSR count). The van der Waals surface area contributed by atoms with Gasteiger partial charge in [0.25, 0.3) is 0 Å². The molecule has 1 saturated carbocycles. The first-order chi connectivity index (χ1) is 11.4. The van der Waals surface area contributed by atoms with Crippen molar-refractivity contribution in [2.24, 2.45) is 4.99 Å². The molecule has 1 saturated heterocycles. The van der Waals surface area contributed by atoms with E-state index in [-0.39, 0.29) is 24.0 Å². The SMILES string of the molecule is CCNC(=NCCN1CCCCC1)NC1CC1c1ccccc1.I. The van der Waals surface area contributed by atoms with Crippen molar-refractivity contribution in [2.45, 2.75) is 44.6 Å². The minimum Gasteiger partial charge on any atom is -0.357 e. The zero-order valence-electron chi connectivity index (χ0n) is 14.7. The van der Waals surface area contributed by atoms with E-state index in [1.54, 1.807) is 0 Å². The molecule has 4 nitrogen and oxygen atoms in total. The van der Waals surface area contributed by atoms with Crippen LogP contribution in [-0.2, 0) is 0 Å². The Kier molecular flexibility index (Phi) is 8.32. The first-order valence-electron chi connectivity index (χ1n) is 9.19. The molecular weight excluding hydrogens is 411 g/mol. The van der Waals surface area contributed by atoms with Crippen LogP contribution in [0.15, 0.2) is 35.3 Å². The van der Waals surface area contributed by atoms with Crippen molar-refractivity contribution in [1.82, 2.24) is 15.5 Å². The summed E-state index contributed by atoms with van der Waals surface area (Å²) in [5, 5.41) is 6.98. The van der Waals surface area contributed by atoms with E-state index in [1.165, 1.54) is 44.3 Å². The van der Waals surface area contributed by atoms with Crippen LogP contribution in [-0.4, -0.2) is 49.6 Å². The highest BCUT2D eigenvalue weighted by molar-refractivity contribution is 14.0. The molecule has 2 N–H and O–H groups in total. The van der Waals surface area contributed by atoms with Gasteiger partial charge in [0.15, 0.2) is 5.96 Å². The van der Waals surface area contributed by atoms with Crippen LogP contribution >= 0.6 is 24.0 Å². The highest BCUT2D eigenvalue weighted by Gasteiger charge is 2.38. The van der Waals surface area contributed by atoms with Crippen LogP contribution in [0.3, 0.4) is 0 Å². The summed E-state index contributed by atoms with van der Waals surface area (Å²) >= 11 is 0. The molecule has 1 aliphatic heterocycles. The van der Waals surface area contributed by atoms with Gasteiger partial charge in [0.2, 0.25) is 0 Å². The molecule has 1 aromatic rings. The molecule has 134 valence electrons. The smallest absolute Gasteiger partial charge is 0.191 e. The van der Waals surface area contributed by atoms with Gasteiger partial charge < -0.3 is 15.5 Å². The minimum atomic E-state index is 0. The van der Waals surface area contributed by atoms with Gasteiger partial charge in [-0.25, -0.2) is 0 Å². The zero-order chi connectivity index (χ0) is 15.9. The van der Waals surface area contributed by atoms with E-state index >= 15 is 0 Å². The second kappa shape index (κ2) is 10.2. The lowest BCUT2D eigenvalue weighted by Crippen LogP contribution is -2.40. The van der Waals surface area contributed by atoms with E-state index in [4.69, 9.17) is 4.99 Å². The summed E-state index contributed by atoms with van der Waals surface area (Å²) in [5.74, 6) is 1.62. The summed E-state index contributed by atoms with van der Waals surface area (Å²) in [6.45, 7) is 7.51. The topological polar surface area (TPSA) is 39.7 Å². The maximum absolute atomic E-state index is 4.77. The number of nitrogens with one attached hydrogen (secondary N) is 2. The molecule has 0 spiro atoms. The highest BCUT2D eigenvalue weighted by Crippen LogP contribution is 2.40. The predicted molar refractivity (Wildman–Crippen MR) is 112 cm³/mol. The van der Waals surface area contributed by atoms with Gasteiger partial charge in [-0.05, 0) is 44.8 Å². The van der Waals surface area contributed by atoms with E-state index in [2.05, 4.69) is 52.8 Å². The molecule has 5 heteroatoms. The number of likely N-dealkylation sites (tertiary alicyclic amines) is 1. The summed E-state index contributed by atoms with van der Waals surface area (Å²) in [6.07, 6.45) is 5.30. The molecule has 0 aromatic heterocycles. The first-order valence-corrected chi connectivity index (χ1v) is 9.19. The van der Waals surface area contributed by atoms with E-state index in [9.17, 15) is 0 Å². The molecule has 0 radical (unpaired) electrons. The number of halogens is 1. The van der Waals surface area contributed by atoms with Crippen LogP contribution < -0.4 is 10.6 Å². The lowest BCUT2D eigenvalue weighted by atomic mass is 10.1. The highest BCUT2D eigenvalue weighted by atomic mass is 127. The summed E-state index contributed by atoms with van der Waals surface area (Å²) in [7, 11) is 0. The number of hydrogen-bond donors (Lipinski definition) is 2. The molecule has 2 fully saturated rings. The molecule has 24 heavy (non-hydrogen) atoms. The molecule has 2 unspecified atom stereocenters. The van der Waals surface area contributed by atoms with Gasteiger partial charge >= 0.3 is 0 Å². The zero-order valence-corrected chi connectivity index (χ0v) is 17.0. The first kappa shape index (κ1) is 19.5. The number of guanidine groups is 1. The molecule has 1 heterocycles. The van der Waals surface area contributed by atoms with Crippen LogP contribution in [0.5, 0.6) is 0 Å². The number of aliphatic imine (C=N–C) groups is 1. The number of nitrogens with zero attached hydrogens (tertiary/aromatic N) is 2. The number of piperidine rings is 1. The maximum Gasteiger partial charge on any atom is 0.191 e. The van der Waals surface area contributed by atoms with Crippen molar-refractivity contribution in [3.8, 4) is 0 Å². The van der Waals surface area contributed by atoms with Crippen LogP contribution in [0.4, 0.5) is 0 Å². The molecular formula is C19H31IN4. The third kappa shape index (κ3) is 5.92. The lowest BCUT2D eigenvalue weighted by molar-refractivity contribution is 0.235. The Labute approximate surface area is 163 Å². The number of hydrogen-bond acceptors (Lipinski definition) is 2. The lowest BCUT2D eigenvalue weighted by Gasteiger charge is -2.25. The van der Waals surface area contributed by atoms with Gasteiger partial charge in [-0.2, -0.15) is 0 Å². The van der Waals surface area contributed by atoms with E-state index in [0.29, 0.717) is 12.0 Å². The van der Waals surface area contributed by atoms with Crippen molar-refractivity contribution in [3.05, 3.63) is 35.9 Å². The Balaban J connectivity index is 0.00000208. The van der Waals surface area contributed by atoms with E-state index in [1.807, 2.05) is 0 Å². The van der Waals surface area contributed by atoms with Gasteiger partial charge in [-0.15, -0.1) is 24.0 Å². The van der Waals surface area contributed by atoms with Gasteiger partial charge in [0, 0.05) is 25.0 Å². The van der Waals surface area contributed by atoms with E-state index < -0.39 is 0 Å². The van der Waals surface area contributed by atoms with Crippen molar-refractivity contribution in [2.75, 3.05) is 32.7 Å². The number of benzene rings is 1.